The molecule has 0 aromatic heterocycles. The van der Waals surface area contributed by atoms with Crippen molar-refractivity contribution in [2.24, 2.45) is 0 Å². The maximum Gasteiger partial charge on any atom is 0.263 e. The lowest BCUT2D eigenvalue weighted by Crippen LogP contribution is -2.41. The van der Waals surface area contributed by atoms with Crippen molar-refractivity contribution < 1.29 is 14.3 Å². The van der Waals surface area contributed by atoms with Gasteiger partial charge in [-0.05, 0) is 38.3 Å². The van der Waals surface area contributed by atoms with Crippen LogP contribution in [0.5, 0.6) is 5.75 Å². The topological polar surface area (TPSA) is 46.6 Å². The van der Waals surface area contributed by atoms with Crippen molar-refractivity contribution >= 4 is 12.2 Å². The minimum Gasteiger partial charge on any atom is -0.480 e. The molecule has 1 unspecified atom stereocenters. The molecule has 0 aliphatic carbocycles. The molecule has 0 radical (unpaired) electrons. The van der Waals surface area contributed by atoms with Gasteiger partial charge in [-0.25, -0.2) is 0 Å². The van der Waals surface area contributed by atoms with Gasteiger partial charge < -0.3 is 9.64 Å². The highest BCUT2D eigenvalue weighted by atomic mass is 16.5. The number of amides is 1. The maximum atomic E-state index is 12.5. The quantitative estimate of drug-likeness (QED) is 0.801. The summed E-state index contributed by atoms with van der Waals surface area (Å²) in [4.78, 5) is 25.5. The molecule has 2 rings (SSSR count). The van der Waals surface area contributed by atoms with Gasteiger partial charge in [0.25, 0.3) is 5.91 Å². The zero-order chi connectivity index (χ0) is 15.2. The largest absolute Gasteiger partial charge is 0.480 e. The standard InChI is InChI=1S/C17H23NO3/c1-13-8-7-9-15(12-19)16(13)21-14(2)17(20)18-10-5-3-4-6-11-18/h7-9,12,14H,3-6,10-11H2,1-2H3. The van der Waals surface area contributed by atoms with Crippen LogP contribution in [0.4, 0.5) is 0 Å². The van der Waals surface area contributed by atoms with E-state index in [4.69, 9.17) is 4.74 Å². The summed E-state index contributed by atoms with van der Waals surface area (Å²) in [6.07, 6.45) is 4.69. The van der Waals surface area contributed by atoms with Crippen molar-refractivity contribution in [3.05, 3.63) is 29.3 Å². The van der Waals surface area contributed by atoms with E-state index in [0.717, 1.165) is 37.8 Å². The van der Waals surface area contributed by atoms with E-state index in [0.29, 0.717) is 11.3 Å². The van der Waals surface area contributed by atoms with Crippen molar-refractivity contribution in [3.63, 3.8) is 0 Å². The summed E-state index contributed by atoms with van der Waals surface area (Å²) in [5, 5.41) is 0. The molecule has 0 N–H and O–H groups in total. The molecular weight excluding hydrogens is 266 g/mol. The third-order valence-electron chi connectivity index (χ3n) is 3.93. The summed E-state index contributed by atoms with van der Waals surface area (Å²) in [6, 6.07) is 5.40. The molecule has 4 heteroatoms. The van der Waals surface area contributed by atoms with Gasteiger partial charge in [-0.1, -0.05) is 25.0 Å². The Morgan fingerprint density at radius 1 is 1.24 bits per heavy atom. The molecule has 1 aliphatic heterocycles. The smallest absolute Gasteiger partial charge is 0.263 e. The van der Waals surface area contributed by atoms with E-state index in [-0.39, 0.29) is 5.91 Å². The number of ether oxygens (including phenoxy) is 1. The average molecular weight is 289 g/mol. The number of aryl methyl sites for hydroxylation is 1. The van der Waals surface area contributed by atoms with Crippen LogP contribution in [0.3, 0.4) is 0 Å². The van der Waals surface area contributed by atoms with Crippen molar-refractivity contribution in [1.82, 2.24) is 4.90 Å². The molecule has 1 aromatic rings. The zero-order valence-electron chi connectivity index (χ0n) is 12.8. The number of likely N-dealkylation sites (tertiary alicyclic amines) is 1. The molecule has 1 aliphatic rings. The average Bonchev–Trinajstić information content (AvgIpc) is 2.77. The number of carbonyl (C=O) groups is 2. The Morgan fingerprint density at radius 2 is 1.90 bits per heavy atom. The first-order valence-electron chi connectivity index (χ1n) is 7.63. The summed E-state index contributed by atoms with van der Waals surface area (Å²) in [5.74, 6) is 0.528. The lowest BCUT2D eigenvalue weighted by molar-refractivity contribution is -0.137. The molecule has 1 saturated heterocycles. The highest BCUT2D eigenvalue weighted by Crippen LogP contribution is 2.24. The van der Waals surface area contributed by atoms with Gasteiger partial charge >= 0.3 is 0 Å². The van der Waals surface area contributed by atoms with Gasteiger partial charge in [0, 0.05) is 13.1 Å². The number of aldehydes is 1. The summed E-state index contributed by atoms with van der Waals surface area (Å²) >= 11 is 0. The maximum absolute atomic E-state index is 12.5. The van der Waals surface area contributed by atoms with Gasteiger partial charge in [-0.15, -0.1) is 0 Å². The van der Waals surface area contributed by atoms with Crippen LogP contribution in [0.1, 0.15) is 48.5 Å². The number of benzene rings is 1. The molecule has 1 heterocycles. The van der Waals surface area contributed by atoms with Crippen molar-refractivity contribution in [1.29, 1.82) is 0 Å². The number of para-hydroxylation sites is 1. The molecule has 1 fully saturated rings. The van der Waals surface area contributed by atoms with Crippen LogP contribution >= 0.6 is 0 Å². The van der Waals surface area contributed by atoms with Crippen LogP contribution in [0.15, 0.2) is 18.2 Å². The Morgan fingerprint density at radius 3 is 2.52 bits per heavy atom. The molecule has 1 aromatic carbocycles. The number of carbonyl (C=O) groups excluding carboxylic acids is 2. The number of nitrogens with zero attached hydrogens (tertiary/aromatic N) is 1. The molecule has 0 bridgehead atoms. The molecule has 0 spiro atoms. The molecular formula is C17H23NO3. The van der Waals surface area contributed by atoms with Crippen LogP contribution < -0.4 is 4.74 Å². The predicted molar refractivity (Wildman–Crippen MR) is 81.7 cm³/mol. The minimum atomic E-state index is -0.567. The lowest BCUT2D eigenvalue weighted by Gasteiger charge is -2.25. The Bertz CT molecular complexity index is 505. The first kappa shape index (κ1) is 15.5. The van der Waals surface area contributed by atoms with Crippen LogP contribution in [-0.4, -0.2) is 36.3 Å². The van der Waals surface area contributed by atoms with E-state index in [1.54, 1.807) is 13.0 Å². The van der Waals surface area contributed by atoms with Crippen LogP contribution in [0, 0.1) is 6.92 Å². The van der Waals surface area contributed by atoms with Gasteiger partial charge in [0.05, 0.1) is 5.56 Å². The highest BCUT2D eigenvalue weighted by Gasteiger charge is 2.24. The fraction of sp³-hybridized carbons (Fsp3) is 0.529. The van der Waals surface area contributed by atoms with Gasteiger partial charge in [0.1, 0.15) is 5.75 Å². The summed E-state index contributed by atoms with van der Waals surface area (Å²) < 4.78 is 5.80. The Kier molecular flexibility index (Phi) is 5.37. The van der Waals surface area contributed by atoms with E-state index in [9.17, 15) is 9.59 Å². The fourth-order valence-electron chi connectivity index (χ4n) is 2.70. The Hall–Kier alpha value is -1.84. The van der Waals surface area contributed by atoms with Crippen molar-refractivity contribution in [3.8, 4) is 5.75 Å². The third-order valence-corrected chi connectivity index (χ3v) is 3.93. The van der Waals surface area contributed by atoms with Gasteiger partial charge in [-0.3, -0.25) is 9.59 Å². The van der Waals surface area contributed by atoms with E-state index in [2.05, 4.69) is 0 Å². The van der Waals surface area contributed by atoms with E-state index < -0.39 is 6.10 Å². The van der Waals surface area contributed by atoms with Gasteiger partial charge in [0.15, 0.2) is 12.4 Å². The molecule has 114 valence electrons. The Balaban J connectivity index is 2.08. The predicted octanol–water partition coefficient (Wildman–Crippen LogP) is 2.98. The highest BCUT2D eigenvalue weighted by molar-refractivity contribution is 5.83. The summed E-state index contributed by atoms with van der Waals surface area (Å²) in [6.45, 7) is 5.25. The second kappa shape index (κ2) is 7.25. The van der Waals surface area contributed by atoms with Crippen LogP contribution in [-0.2, 0) is 4.79 Å². The van der Waals surface area contributed by atoms with Crippen LogP contribution in [0.25, 0.3) is 0 Å². The molecule has 21 heavy (non-hydrogen) atoms. The first-order valence-corrected chi connectivity index (χ1v) is 7.63. The van der Waals surface area contributed by atoms with Gasteiger partial charge in [-0.2, -0.15) is 0 Å². The Labute approximate surface area is 126 Å². The lowest BCUT2D eigenvalue weighted by atomic mass is 10.1. The van der Waals surface area contributed by atoms with E-state index in [1.807, 2.05) is 24.0 Å². The van der Waals surface area contributed by atoms with Crippen molar-refractivity contribution in [2.75, 3.05) is 13.1 Å². The molecule has 4 nitrogen and oxygen atoms in total. The van der Waals surface area contributed by atoms with Crippen LogP contribution in [0.2, 0.25) is 0 Å². The van der Waals surface area contributed by atoms with Gasteiger partial charge in [0.2, 0.25) is 0 Å². The second-order valence-electron chi connectivity index (χ2n) is 5.61. The monoisotopic (exact) mass is 289 g/mol. The normalized spacial score (nSPS) is 17.0. The molecule has 1 atom stereocenters. The van der Waals surface area contributed by atoms with E-state index >= 15 is 0 Å². The SMILES string of the molecule is Cc1cccc(C=O)c1OC(C)C(=O)N1CCCCCC1. The fourth-order valence-corrected chi connectivity index (χ4v) is 2.70. The second-order valence-corrected chi connectivity index (χ2v) is 5.61. The van der Waals surface area contributed by atoms with E-state index in [1.165, 1.54) is 12.8 Å². The zero-order valence-corrected chi connectivity index (χ0v) is 12.8. The van der Waals surface area contributed by atoms with Crippen molar-refractivity contribution in [2.45, 2.75) is 45.6 Å². The first-order chi connectivity index (χ1) is 10.1. The minimum absolute atomic E-state index is 0.0111. The third kappa shape index (κ3) is 3.84. The summed E-state index contributed by atoms with van der Waals surface area (Å²) in [5.41, 5.74) is 1.36. The number of hydrogen-bond acceptors (Lipinski definition) is 3. The number of rotatable bonds is 4. The molecule has 0 saturated carbocycles. The number of hydrogen-bond donors (Lipinski definition) is 0. The molecule has 1 amide bonds. The summed E-state index contributed by atoms with van der Waals surface area (Å²) in [7, 11) is 0.